The van der Waals surface area contributed by atoms with Gasteiger partial charge in [-0.1, -0.05) is 0 Å². The molecule has 0 unspecified atom stereocenters. The number of rotatable bonds is 3. The van der Waals surface area contributed by atoms with Crippen molar-refractivity contribution in [3.8, 4) is 0 Å². The molecule has 0 aromatic carbocycles. The Morgan fingerprint density at radius 2 is 1.56 bits per heavy atom. The van der Waals surface area contributed by atoms with E-state index in [9.17, 15) is 4.79 Å². The minimum atomic E-state index is -0.0303. The summed E-state index contributed by atoms with van der Waals surface area (Å²) in [5.74, 6) is 3.13. The molecule has 0 aliphatic heterocycles. The van der Waals surface area contributed by atoms with Crippen molar-refractivity contribution in [2.45, 2.75) is 71.3 Å². The molecule has 4 aliphatic carbocycles. The molecule has 0 atom stereocenters. The molecule has 4 fully saturated rings. The van der Waals surface area contributed by atoms with Gasteiger partial charge in [-0.3, -0.25) is 4.79 Å². The summed E-state index contributed by atoms with van der Waals surface area (Å²) in [4.78, 5) is 11.3. The van der Waals surface area contributed by atoms with Gasteiger partial charge in [0.25, 0.3) is 0 Å². The first-order chi connectivity index (χ1) is 8.36. The van der Waals surface area contributed by atoms with Crippen LogP contribution >= 0.6 is 0 Å². The Morgan fingerprint density at radius 1 is 1.11 bits per heavy atom. The second kappa shape index (κ2) is 3.98. The van der Waals surface area contributed by atoms with Crippen LogP contribution < -0.4 is 5.32 Å². The van der Waals surface area contributed by atoms with E-state index in [1.165, 1.54) is 44.9 Å². The second-order valence-corrected chi connectivity index (χ2v) is 8.16. The van der Waals surface area contributed by atoms with Crippen LogP contribution in [-0.2, 0) is 4.79 Å². The first-order valence-electron chi connectivity index (χ1n) is 7.65. The lowest BCUT2D eigenvalue weighted by Gasteiger charge is -2.58. The van der Waals surface area contributed by atoms with Gasteiger partial charge in [-0.2, -0.15) is 0 Å². The van der Waals surface area contributed by atoms with Crippen molar-refractivity contribution in [2.24, 2.45) is 23.2 Å². The van der Waals surface area contributed by atoms with E-state index in [2.05, 4.69) is 19.2 Å². The van der Waals surface area contributed by atoms with Gasteiger partial charge in [0.1, 0.15) is 0 Å². The van der Waals surface area contributed by atoms with Gasteiger partial charge in [-0.15, -0.1) is 0 Å². The molecule has 4 saturated carbocycles. The molecule has 0 heterocycles. The lowest BCUT2D eigenvalue weighted by atomic mass is 9.48. The van der Waals surface area contributed by atoms with Crippen LogP contribution in [0.3, 0.4) is 0 Å². The summed E-state index contributed by atoms with van der Waals surface area (Å²) in [7, 11) is 0. The van der Waals surface area contributed by atoms with E-state index < -0.39 is 0 Å². The number of carbonyl (C=O) groups is 1. The second-order valence-electron chi connectivity index (χ2n) is 8.16. The molecule has 0 saturated heterocycles. The molecule has 1 N–H and O–H groups in total. The average molecular weight is 249 g/mol. The molecule has 1 amide bonds. The quantitative estimate of drug-likeness (QED) is 0.815. The summed E-state index contributed by atoms with van der Waals surface area (Å²) in [6, 6.07) is 0. The van der Waals surface area contributed by atoms with E-state index in [1.54, 1.807) is 6.92 Å². The van der Waals surface area contributed by atoms with Crippen LogP contribution in [0.1, 0.15) is 65.7 Å². The maximum absolute atomic E-state index is 11.3. The monoisotopic (exact) mass is 249 g/mol. The summed E-state index contributed by atoms with van der Waals surface area (Å²) in [6.07, 6.45) is 9.98. The highest BCUT2D eigenvalue weighted by Gasteiger charge is 2.52. The van der Waals surface area contributed by atoms with Crippen LogP contribution in [-0.4, -0.2) is 11.4 Å². The van der Waals surface area contributed by atoms with Crippen LogP contribution in [0.15, 0.2) is 0 Å². The van der Waals surface area contributed by atoms with Gasteiger partial charge in [0.05, 0.1) is 0 Å². The Bertz CT molecular complexity index is 323. The van der Waals surface area contributed by atoms with Crippen molar-refractivity contribution >= 4 is 5.91 Å². The number of carbonyl (C=O) groups excluding carboxylic acids is 1. The van der Waals surface area contributed by atoms with Crippen molar-refractivity contribution < 1.29 is 4.79 Å². The minimum absolute atomic E-state index is 0.0303. The van der Waals surface area contributed by atoms with Gasteiger partial charge in [-0.05, 0) is 82.0 Å². The predicted molar refractivity (Wildman–Crippen MR) is 73.1 cm³/mol. The molecular weight excluding hydrogens is 222 g/mol. The molecule has 2 heteroatoms. The van der Waals surface area contributed by atoms with Crippen molar-refractivity contribution in [3.05, 3.63) is 0 Å². The smallest absolute Gasteiger partial charge is 0.217 e. The summed E-state index contributed by atoms with van der Waals surface area (Å²) in [5, 5.41) is 3.16. The van der Waals surface area contributed by atoms with Crippen LogP contribution in [0.4, 0.5) is 0 Å². The Balaban J connectivity index is 1.74. The third-order valence-corrected chi connectivity index (χ3v) is 5.50. The Kier molecular flexibility index (Phi) is 2.76. The van der Waals surface area contributed by atoms with Crippen molar-refractivity contribution in [1.82, 2.24) is 5.32 Å². The summed E-state index contributed by atoms with van der Waals surface area (Å²) >= 11 is 0. The van der Waals surface area contributed by atoms with Crippen LogP contribution in [0.2, 0.25) is 0 Å². The molecule has 0 aromatic heterocycles. The first kappa shape index (κ1) is 12.5. The summed E-state index contributed by atoms with van der Waals surface area (Å²) in [6.45, 7) is 6.04. The molecule has 4 aliphatic rings. The van der Waals surface area contributed by atoms with E-state index >= 15 is 0 Å². The highest BCUT2D eigenvalue weighted by molar-refractivity contribution is 5.73. The van der Waals surface area contributed by atoms with Gasteiger partial charge < -0.3 is 5.32 Å². The molecule has 18 heavy (non-hydrogen) atoms. The highest BCUT2D eigenvalue weighted by Crippen LogP contribution is 2.62. The molecule has 0 radical (unpaired) electrons. The molecule has 102 valence electrons. The predicted octanol–water partition coefficient (Wildman–Crippen LogP) is 3.51. The Labute approximate surface area is 111 Å². The van der Waals surface area contributed by atoms with Crippen LogP contribution in [0, 0.1) is 23.2 Å². The molecule has 4 rings (SSSR count). The first-order valence-corrected chi connectivity index (χ1v) is 7.65. The van der Waals surface area contributed by atoms with Gasteiger partial charge in [-0.25, -0.2) is 0 Å². The number of amides is 1. The molecule has 0 spiro atoms. The topological polar surface area (TPSA) is 29.1 Å². The zero-order valence-corrected chi connectivity index (χ0v) is 12.1. The van der Waals surface area contributed by atoms with Gasteiger partial charge in [0.2, 0.25) is 5.91 Å². The number of nitrogens with one attached hydrogen (secondary N) is 1. The highest BCUT2D eigenvalue weighted by atomic mass is 16.1. The number of hydrogen-bond acceptors (Lipinski definition) is 1. The van der Waals surface area contributed by atoms with Crippen molar-refractivity contribution in [3.63, 3.8) is 0 Å². The largest absolute Gasteiger partial charge is 0.351 e. The van der Waals surface area contributed by atoms with Crippen LogP contribution in [0.25, 0.3) is 0 Å². The lowest BCUT2D eigenvalue weighted by Crippen LogP contribution is -2.52. The van der Waals surface area contributed by atoms with E-state index in [0.717, 1.165) is 17.8 Å². The zero-order valence-electron chi connectivity index (χ0n) is 12.1. The van der Waals surface area contributed by atoms with E-state index in [1.807, 2.05) is 0 Å². The third kappa shape index (κ3) is 2.31. The maximum atomic E-state index is 11.3. The van der Waals surface area contributed by atoms with E-state index in [0.29, 0.717) is 5.41 Å². The average Bonchev–Trinajstić information content (AvgIpc) is 2.09. The fraction of sp³-hybridized carbons (Fsp3) is 0.938. The summed E-state index contributed by atoms with van der Waals surface area (Å²) < 4.78 is 0. The Hall–Kier alpha value is -0.530. The fourth-order valence-corrected chi connectivity index (χ4v) is 5.96. The molecule has 0 aromatic rings. The van der Waals surface area contributed by atoms with Gasteiger partial charge in [0, 0.05) is 12.5 Å². The summed E-state index contributed by atoms with van der Waals surface area (Å²) in [5.41, 5.74) is 0.526. The van der Waals surface area contributed by atoms with Gasteiger partial charge in [0.15, 0.2) is 0 Å². The minimum Gasteiger partial charge on any atom is -0.351 e. The SMILES string of the molecule is CC(=O)NC(C)(C)CC12CC3CC(CC(C3)C1)C2. The van der Waals surface area contributed by atoms with E-state index in [-0.39, 0.29) is 11.4 Å². The molecule has 2 nitrogen and oxygen atoms in total. The lowest BCUT2D eigenvalue weighted by molar-refractivity contribution is -0.122. The molecule has 4 bridgehead atoms. The van der Waals surface area contributed by atoms with Crippen LogP contribution in [0.5, 0.6) is 0 Å². The number of hydrogen-bond donors (Lipinski definition) is 1. The standard InChI is InChI=1S/C16H27NO/c1-11(18)17-15(2,3)10-16-7-12-4-13(8-16)6-14(5-12)9-16/h12-14H,4-10H2,1-3H3,(H,17,18). The van der Waals surface area contributed by atoms with Gasteiger partial charge >= 0.3 is 0 Å². The van der Waals surface area contributed by atoms with Crippen molar-refractivity contribution in [1.29, 1.82) is 0 Å². The normalized spacial score (nSPS) is 42.1. The van der Waals surface area contributed by atoms with Crippen molar-refractivity contribution in [2.75, 3.05) is 0 Å². The zero-order chi connectivity index (χ0) is 13.0. The van der Waals surface area contributed by atoms with E-state index in [4.69, 9.17) is 0 Å². The molecular formula is C16H27NO. The Morgan fingerprint density at radius 3 is 1.94 bits per heavy atom. The maximum Gasteiger partial charge on any atom is 0.217 e. The third-order valence-electron chi connectivity index (χ3n) is 5.50. The fourth-order valence-electron chi connectivity index (χ4n) is 5.96.